The van der Waals surface area contributed by atoms with Crippen LogP contribution in [0.3, 0.4) is 0 Å². The van der Waals surface area contributed by atoms with E-state index in [1.165, 1.54) is 56.1 Å². The second-order valence-electron chi connectivity index (χ2n) is 5.86. The van der Waals surface area contributed by atoms with Crippen LogP contribution in [0.4, 0.5) is 0 Å². The number of nitrogens with two attached hydrogens (primary N) is 1. The molecule has 0 spiro atoms. The zero-order valence-corrected chi connectivity index (χ0v) is 12.3. The summed E-state index contributed by atoms with van der Waals surface area (Å²) in [5.41, 5.74) is 8.96. The Labute approximate surface area is 117 Å². The van der Waals surface area contributed by atoms with E-state index in [-0.39, 0.29) is 6.04 Å². The van der Waals surface area contributed by atoms with Gasteiger partial charge in [-0.3, -0.25) is 0 Å². The maximum Gasteiger partial charge on any atom is 0.121 e. The van der Waals surface area contributed by atoms with Crippen molar-refractivity contribution in [1.82, 2.24) is 0 Å². The van der Waals surface area contributed by atoms with Crippen molar-refractivity contribution in [3.63, 3.8) is 0 Å². The largest absolute Gasteiger partial charge is 0.496 e. The molecule has 1 saturated carbocycles. The number of hydrogen-bond acceptors (Lipinski definition) is 2. The van der Waals surface area contributed by atoms with Crippen LogP contribution in [0.1, 0.15) is 62.1 Å². The number of benzene rings is 1. The highest BCUT2D eigenvalue weighted by Crippen LogP contribution is 2.32. The minimum Gasteiger partial charge on any atom is -0.496 e. The van der Waals surface area contributed by atoms with Gasteiger partial charge in [0.25, 0.3) is 0 Å². The molecule has 2 nitrogen and oxygen atoms in total. The first kappa shape index (κ1) is 14.4. The van der Waals surface area contributed by atoms with E-state index in [9.17, 15) is 0 Å². The monoisotopic (exact) mass is 261 g/mol. The zero-order chi connectivity index (χ0) is 13.7. The molecule has 1 aromatic rings. The van der Waals surface area contributed by atoms with Crippen molar-refractivity contribution in [3.05, 3.63) is 29.3 Å². The number of aryl methyl sites for hydroxylation is 1. The molecule has 0 radical (unpaired) electrons. The van der Waals surface area contributed by atoms with Crippen LogP contribution in [0.15, 0.2) is 18.2 Å². The van der Waals surface area contributed by atoms with E-state index in [0.717, 1.165) is 5.75 Å². The van der Waals surface area contributed by atoms with Gasteiger partial charge in [0.1, 0.15) is 5.75 Å². The fourth-order valence-electron chi connectivity index (χ4n) is 3.23. The van der Waals surface area contributed by atoms with Gasteiger partial charge in [0.05, 0.1) is 7.11 Å². The minimum atomic E-state index is 0.183. The molecular weight excluding hydrogens is 234 g/mol. The Hall–Kier alpha value is -1.02. The fraction of sp³-hybridized carbons (Fsp3) is 0.647. The first-order chi connectivity index (χ1) is 9.22. The lowest BCUT2D eigenvalue weighted by Gasteiger charge is -2.26. The molecule has 1 fully saturated rings. The van der Waals surface area contributed by atoms with Gasteiger partial charge < -0.3 is 10.5 Å². The summed E-state index contributed by atoms with van der Waals surface area (Å²) in [6, 6.07) is 6.56. The van der Waals surface area contributed by atoms with E-state index in [1.54, 1.807) is 7.11 Å². The molecule has 0 heterocycles. The van der Waals surface area contributed by atoms with Gasteiger partial charge in [-0.05, 0) is 42.9 Å². The van der Waals surface area contributed by atoms with Crippen molar-refractivity contribution in [2.24, 2.45) is 11.7 Å². The smallest absolute Gasteiger partial charge is 0.121 e. The summed E-state index contributed by atoms with van der Waals surface area (Å²) in [6.45, 7) is 2.09. The van der Waals surface area contributed by atoms with Crippen LogP contribution in [0.2, 0.25) is 0 Å². The molecule has 0 amide bonds. The molecule has 0 aliphatic heterocycles. The lowest BCUT2D eigenvalue weighted by molar-refractivity contribution is 0.327. The maximum absolute atomic E-state index is 6.51. The Kier molecular flexibility index (Phi) is 5.26. The molecule has 1 aliphatic rings. The van der Waals surface area contributed by atoms with Crippen LogP contribution >= 0.6 is 0 Å². The van der Waals surface area contributed by atoms with Gasteiger partial charge in [0.2, 0.25) is 0 Å². The third-order valence-electron chi connectivity index (χ3n) is 4.46. The standard InChI is InChI=1S/C17H27NO/c1-13-12-15(10-11-16(13)19-2)17(18)14-8-6-4-3-5-7-9-14/h10-12,14,17H,3-9,18H2,1-2H3. The van der Waals surface area contributed by atoms with E-state index in [2.05, 4.69) is 19.1 Å². The van der Waals surface area contributed by atoms with E-state index < -0.39 is 0 Å². The van der Waals surface area contributed by atoms with Crippen molar-refractivity contribution in [1.29, 1.82) is 0 Å². The summed E-state index contributed by atoms with van der Waals surface area (Å²) < 4.78 is 5.32. The van der Waals surface area contributed by atoms with E-state index in [0.29, 0.717) is 5.92 Å². The number of rotatable bonds is 3. The lowest BCUT2D eigenvalue weighted by atomic mass is 9.83. The molecule has 0 aromatic heterocycles. The van der Waals surface area contributed by atoms with Gasteiger partial charge in [-0.2, -0.15) is 0 Å². The summed E-state index contributed by atoms with van der Waals surface area (Å²) >= 11 is 0. The summed E-state index contributed by atoms with van der Waals surface area (Å²) in [6.07, 6.45) is 9.42. The summed E-state index contributed by atoms with van der Waals surface area (Å²) in [4.78, 5) is 0. The highest BCUT2D eigenvalue weighted by atomic mass is 16.5. The molecule has 1 atom stereocenters. The Balaban J connectivity index is 2.08. The lowest BCUT2D eigenvalue weighted by Crippen LogP contribution is -2.22. The van der Waals surface area contributed by atoms with Crippen molar-refractivity contribution < 1.29 is 4.74 Å². The van der Waals surface area contributed by atoms with Crippen LogP contribution in [-0.4, -0.2) is 7.11 Å². The first-order valence-corrected chi connectivity index (χ1v) is 7.62. The molecule has 19 heavy (non-hydrogen) atoms. The second-order valence-corrected chi connectivity index (χ2v) is 5.86. The van der Waals surface area contributed by atoms with Crippen LogP contribution in [0.5, 0.6) is 5.75 Å². The van der Waals surface area contributed by atoms with Gasteiger partial charge in [0.15, 0.2) is 0 Å². The van der Waals surface area contributed by atoms with Gasteiger partial charge in [-0.15, -0.1) is 0 Å². The third-order valence-corrected chi connectivity index (χ3v) is 4.46. The molecule has 2 N–H and O–H groups in total. The van der Waals surface area contributed by atoms with E-state index in [1.807, 2.05) is 6.07 Å². The van der Waals surface area contributed by atoms with E-state index in [4.69, 9.17) is 10.5 Å². The van der Waals surface area contributed by atoms with Gasteiger partial charge in [-0.1, -0.05) is 44.2 Å². The maximum atomic E-state index is 6.51. The molecule has 106 valence electrons. The number of ether oxygens (including phenoxy) is 1. The quantitative estimate of drug-likeness (QED) is 0.877. The molecule has 1 unspecified atom stereocenters. The summed E-state index contributed by atoms with van der Waals surface area (Å²) in [7, 11) is 1.72. The molecule has 1 aliphatic carbocycles. The van der Waals surface area contributed by atoms with Crippen LogP contribution in [-0.2, 0) is 0 Å². The fourth-order valence-corrected chi connectivity index (χ4v) is 3.23. The number of hydrogen-bond donors (Lipinski definition) is 1. The van der Waals surface area contributed by atoms with Crippen molar-refractivity contribution in [2.75, 3.05) is 7.11 Å². The predicted octanol–water partition coefficient (Wildman–Crippen LogP) is 4.36. The average molecular weight is 261 g/mol. The van der Waals surface area contributed by atoms with Gasteiger partial charge >= 0.3 is 0 Å². The molecule has 0 bridgehead atoms. The Morgan fingerprint density at radius 3 is 2.32 bits per heavy atom. The minimum absolute atomic E-state index is 0.183. The van der Waals surface area contributed by atoms with Crippen LogP contribution in [0.25, 0.3) is 0 Å². The topological polar surface area (TPSA) is 35.2 Å². The van der Waals surface area contributed by atoms with Crippen molar-refractivity contribution in [2.45, 2.75) is 57.9 Å². The summed E-state index contributed by atoms with van der Waals surface area (Å²) in [5, 5.41) is 0. The molecule has 1 aromatic carbocycles. The van der Waals surface area contributed by atoms with Gasteiger partial charge in [-0.25, -0.2) is 0 Å². The molecule has 2 heteroatoms. The summed E-state index contributed by atoms with van der Waals surface area (Å²) in [5.74, 6) is 1.60. The second kappa shape index (κ2) is 6.95. The van der Waals surface area contributed by atoms with Crippen LogP contribution < -0.4 is 10.5 Å². The Morgan fingerprint density at radius 2 is 1.74 bits per heavy atom. The molecular formula is C17H27NO. The SMILES string of the molecule is COc1ccc(C(N)C2CCCCCCC2)cc1C. The van der Waals surface area contributed by atoms with Crippen LogP contribution in [0, 0.1) is 12.8 Å². The zero-order valence-electron chi connectivity index (χ0n) is 12.3. The highest BCUT2D eigenvalue weighted by Gasteiger charge is 2.20. The van der Waals surface area contributed by atoms with Crippen molar-refractivity contribution >= 4 is 0 Å². The third kappa shape index (κ3) is 3.73. The Morgan fingerprint density at radius 1 is 1.11 bits per heavy atom. The first-order valence-electron chi connectivity index (χ1n) is 7.62. The highest BCUT2D eigenvalue weighted by molar-refractivity contribution is 5.37. The average Bonchev–Trinajstić information content (AvgIpc) is 2.37. The van der Waals surface area contributed by atoms with E-state index >= 15 is 0 Å². The van der Waals surface area contributed by atoms with Crippen molar-refractivity contribution in [3.8, 4) is 5.75 Å². The van der Waals surface area contributed by atoms with Gasteiger partial charge in [0, 0.05) is 6.04 Å². The molecule has 0 saturated heterocycles. The molecule has 2 rings (SSSR count). The number of methoxy groups -OCH3 is 1. The normalized spacial score (nSPS) is 19.5. The Bertz CT molecular complexity index is 394. The predicted molar refractivity (Wildman–Crippen MR) is 80.5 cm³/mol.